The van der Waals surface area contributed by atoms with Gasteiger partial charge in [-0.2, -0.15) is 0 Å². The van der Waals surface area contributed by atoms with Gasteiger partial charge in [0.2, 0.25) is 18.2 Å². The number of nitrogens with zero attached hydrogens (tertiary/aromatic N) is 1. The van der Waals surface area contributed by atoms with Gasteiger partial charge < -0.3 is 30.3 Å². The van der Waals surface area contributed by atoms with Crippen molar-refractivity contribution >= 4 is 18.2 Å². The zero-order chi connectivity index (χ0) is 28.0. The molecule has 0 spiro atoms. The van der Waals surface area contributed by atoms with E-state index in [2.05, 4.69) is 28.1 Å². The Kier molecular flexibility index (Phi) is 10.2. The van der Waals surface area contributed by atoms with Gasteiger partial charge in [-0.15, -0.1) is 0 Å². The van der Waals surface area contributed by atoms with Gasteiger partial charge in [0, 0.05) is 6.04 Å². The van der Waals surface area contributed by atoms with Gasteiger partial charge in [-0.05, 0) is 95.5 Å². The fourth-order valence-electron chi connectivity index (χ4n) is 5.49. The molecular formula is C29H46N4O5. The van der Waals surface area contributed by atoms with Crippen molar-refractivity contribution < 1.29 is 23.9 Å². The first-order chi connectivity index (χ1) is 18.0. The number of carbonyl (C=O) groups excluding carboxylic acids is 3. The topological polar surface area (TPSA) is 109 Å². The third-order valence-corrected chi connectivity index (χ3v) is 7.63. The molecule has 0 bridgehead atoms. The normalized spacial score (nSPS) is 23.9. The van der Waals surface area contributed by atoms with Crippen LogP contribution < -0.4 is 20.7 Å². The number of likely N-dealkylation sites (N-methyl/N-ethyl adjacent to an activating group) is 1. The number of benzene rings is 1. The summed E-state index contributed by atoms with van der Waals surface area (Å²) in [5, 5.41) is 9.11. The van der Waals surface area contributed by atoms with Gasteiger partial charge in [-0.25, -0.2) is 0 Å². The number of fused-ring (bicyclic) bond motifs is 1. The first-order valence-electron chi connectivity index (χ1n) is 13.9. The van der Waals surface area contributed by atoms with Gasteiger partial charge in [0.1, 0.15) is 18.0 Å². The summed E-state index contributed by atoms with van der Waals surface area (Å²) in [4.78, 5) is 39.4. The van der Waals surface area contributed by atoms with Crippen molar-refractivity contribution in [2.45, 2.75) is 110 Å². The van der Waals surface area contributed by atoms with Gasteiger partial charge in [0.15, 0.2) is 0 Å². The second-order valence-electron chi connectivity index (χ2n) is 11.7. The van der Waals surface area contributed by atoms with E-state index in [4.69, 9.17) is 9.47 Å². The quantitative estimate of drug-likeness (QED) is 0.359. The van der Waals surface area contributed by atoms with E-state index < -0.39 is 17.7 Å². The van der Waals surface area contributed by atoms with Gasteiger partial charge in [-0.1, -0.05) is 19.9 Å². The van der Waals surface area contributed by atoms with Crippen LogP contribution in [0.5, 0.6) is 5.75 Å². The minimum atomic E-state index is -0.632. The Hall–Kier alpha value is -2.65. The van der Waals surface area contributed by atoms with Crippen LogP contribution in [0.2, 0.25) is 0 Å². The highest BCUT2D eigenvalue weighted by molar-refractivity contribution is 5.85. The number of nitrogens with one attached hydrogen (secondary N) is 3. The van der Waals surface area contributed by atoms with Crippen LogP contribution in [-0.4, -0.2) is 67.2 Å². The maximum absolute atomic E-state index is 13.6. The van der Waals surface area contributed by atoms with Gasteiger partial charge in [-0.3, -0.25) is 14.4 Å². The SMILES string of the molecule is CNC(C)C(=O)NC(C)CCOC1CC(C)(C)C(C(=O)NC2CCCc3cc(OC(C)C)ccc32)N1C=O. The summed E-state index contributed by atoms with van der Waals surface area (Å²) in [6.07, 6.45) is 4.28. The van der Waals surface area contributed by atoms with Crippen LogP contribution in [0.3, 0.4) is 0 Å². The van der Waals surface area contributed by atoms with Crippen molar-refractivity contribution in [3.63, 3.8) is 0 Å². The molecule has 3 rings (SSSR count). The van der Waals surface area contributed by atoms with Crippen molar-refractivity contribution in [3.05, 3.63) is 29.3 Å². The molecule has 212 valence electrons. The molecule has 1 saturated heterocycles. The molecule has 38 heavy (non-hydrogen) atoms. The number of ether oxygens (including phenoxy) is 2. The average molecular weight is 531 g/mol. The summed E-state index contributed by atoms with van der Waals surface area (Å²) in [6.45, 7) is 12.1. The van der Waals surface area contributed by atoms with E-state index in [1.165, 1.54) is 10.5 Å². The number of hydrogen-bond acceptors (Lipinski definition) is 6. The lowest BCUT2D eigenvalue weighted by molar-refractivity contribution is -0.142. The summed E-state index contributed by atoms with van der Waals surface area (Å²) in [7, 11) is 1.74. The van der Waals surface area contributed by atoms with E-state index >= 15 is 0 Å². The predicted molar refractivity (Wildman–Crippen MR) is 147 cm³/mol. The molecule has 1 aromatic carbocycles. The Morgan fingerprint density at radius 2 is 1.95 bits per heavy atom. The average Bonchev–Trinajstić information content (AvgIpc) is 3.12. The predicted octanol–water partition coefficient (Wildman–Crippen LogP) is 3.07. The Morgan fingerprint density at radius 1 is 1.21 bits per heavy atom. The fraction of sp³-hybridized carbons (Fsp3) is 0.690. The summed E-state index contributed by atoms with van der Waals surface area (Å²) in [6, 6.07) is 5.02. The van der Waals surface area contributed by atoms with E-state index in [9.17, 15) is 14.4 Å². The van der Waals surface area contributed by atoms with Crippen LogP contribution in [0.15, 0.2) is 18.2 Å². The number of carbonyl (C=O) groups is 3. The largest absolute Gasteiger partial charge is 0.491 e. The minimum Gasteiger partial charge on any atom is -0.491 e. The second kappa shape index (κ2) is 12.9. The number of amides is 3. The maximum Gasteiger partial charge on any atom is 0.243 e. The highest BCUT2D eigenvalue weighted by Crippen LogP contribution is 2.41. The van der Waals surface area contributed by atoms with Crippen LogP contribution in [0.25, 0.3) is 0 Å². The zero-order valence-electron chi connectivity index (χ0n) is 24.0. The molecule has 5 atom stereocenters. The molecule has 1 aromatic rings. The number of hydrogen-bond donors (Lipinski definition) is 3. The lowest BCUT2D eigenvalue weighted by Gasteiger charge is -2.33. The van der Waals surface area contributed by atoms with Crippen LogP contribution in [0.4, 0.5) is 0 Å². The first-order valence-corrected chi connectivity index (χ1v) is 13.9. The van der Waals surface area contributed by atoms with Crippen LogP contribution in [0.1, 0.15) is 84.4 Å². The van der Waals surface area contributed by atoms with Gasteiger partial charge in [0.25, 0.3) is 0 Å². The fourth-order valence-corrected chi connectivity index (χ4v) is 5.49. The molecule has 2 aliphatic rings. The summed E-state index contributed by atoms with van der Waals surface area (Å²) in [5.74, 6) is 0.622. The zero-order valence-corrected chi connectivity index (χ0v) is 24.0. The van der Waals surface area contributed by atoms with Gasteiger partial charge in [0.05, 0.1) is 24.8 Å². The number of aryl methyl sites for hydroxylation is 1. The maximum atomic E-state index is 13.6. The standard InChI is InChI=1S/C29H46N4O5/c1-18(2)38-22-11-12-23-21(15-22)9-8-10-24(23)32-28(36)26-29(5,6)16-25(33(26)17-34)37-14-13-19(3)31-27(35)20(4)30-7/h11-12,15,17-20,24-26,30H,8-10,13-14,16H2,1-7H3,(H,31,35)(H,32,36). The van der Waals surface area contributed by atoms with Crippen LogP contribution >= 0.6 is 0 Å². The Morgan fingerprint density at radius 3 is 2.61 bits per heavy atom. The molecule has 1 fully saturated rings. The molecular weight excluding hydrogens is 484 g/mol. The van der Waals surface area contributed by atoms with Crippen molar-refractivity contribution in [1.29, 1.82) is 0 Å². The summed E-state index contributed by atoms with van der Waals surface area (Å²) >= 11 is 0. The highest BCUT2D eigenvalue weighted by Gasteiger charge is 2.50. The van der Waals surface area contributed by atoms with E-state index in [0.29, 0.717) is 19.4 Å². The monoisotopic (exact) mass is 530 g/mol. The van der Waals surface area contributed by atoms with E-state index in [1.54, 1.807) is 14.0 Å². The molecule has 9 heteroatoms. The van der Waals surface area contributed by atoms with E-state index in [1.807, 2.05) is 40.7 Å². The molecule has 3 N–H and O–H groups in total. The Labute approximate surface area is 227 Å². The van der Waals surface area contributed by atoms with Crippen LogP contribution in [-0.2, 0) is 25.5 Å². The molecule has 0 aromatic heterocycles. The van der Waals surface area contributed by atoms with Crippen molar-refractivity contribution in [2.75, 3.05) is 13.7 Å². The molecule has 3 amide bonds. The third-order valence-electron chi connectivity index (χ3n) is 7.63. The lowest BCUT2D eigenvalue weighted by atomic mass is 9.83. The smallest absolute Gasteiger partial charge is 0.243 e. The van der Waals surface area contributed by atoms with E-state index in [0.717, 1.165) is 37.0 Å². The van der Waals surface area contributed by atoms with Crippen molar-refractivity contribution in [1.82, 2.24) is 20.9 Å². The lowest BCUT2D eigenvalue weighted by Crippen LogP contribution is -2.51. The van der Waals surface area contributed by atoms with E-state index in [-0.39, 0.29) is 36.0 Å². The third kappa shape index (κ3) is 7.26. The molecule has 1 aliphatic heterocycles. The van der Waals surface area contributed by atoms with Crippen molar-refractivity contribution in [2.24, 2.45) is 5.41 Å². The molecule has 1 heterocycles. The Bertz CT molecular complexity index is 982. The van der Waals surface area contributed by atoms with Crippen LogP contribution in [0, 0.1) is 5.41 Å². The minimum absolute atomic E-state index is 0.0683. The second-order valence-corrected chi connectivity index (χ2v) is 11.7. The van der Waals surface area contributed by atoms with Crippen molar-refractivity contribution in [3.8, 4) is 5.75 Å². The Balaban J connectivity index is 1.62. The van der Waals surface area contributed by atoms with Gasteiger partial charge >= 0.3 is 0 Å². The highest BCUT2D eigenvalue weighted by atomic mass is 16.5. The summed E-state index contributed by atoms with van der Waals surface area (Å²) < 4.78 is 11.9. The number of likely N-dealkylation sites (tertiary alicyclic amines) is 1. The first kappa shape index (κ1) is 29.9. The molecule has 5 unspecified atom stereocenters. The molecule has 1 aliphatic carbocycles. The summed E-state index contributed by atoms with van der Waals surface area (Å²) in [5.41, 5.74) is 1.86. The molecule has 9 nitrogen and oxygen atoms in total. The molecule has 0 radical (unpaired) electrons. The number of rotatable bonds is 12. The molecule has 0 saturated carbocycles.